The molecular weight excluding hydrogens is 328 g/mol. The van der Waals surface area contributed by atoms with E-state index in [1.54, 1.807) is 11.3 Å². The molecule has 122 valence electrons. The van der Waals surface area contributed by atoms with E-state index in [-0.39, 0.29) is 11.0 Å². The van der Waals surface area contributed by atoms with Crippen LogP contribution in [0.4, 0.5) is 0 Å². The molecule has 3 rings (SSSR count). The minimum atomic E-state index is -0.0583. The van der Waals surface area contributed by atoms with Crippen molar-refractivity contribution in [1.29, 1.82) is 0 Å². The second kappa shape index (κ2) is 6.14. The highest BCUT2D eigenvalue weighted by Crippen LogP contribution is 2.26. The van der Waals surface area contributed by atoms with Gasteiger partial charge in [-0.25, -0.2) is 9.97 Å². The fourth-order valence-corrected chi connectivity index (χ4v) is 3.93. The van der Waals surface area contributed by atoms with Crippen molar-refractivity contribution < 1.29 is 0 Å². The Balaban J connectivity index is 1.72. The highest BCUT2D eigenvalue weighted by molar-refractivity contribution is 7.17. The molecule has 0 unspecified atom stereocenters. The molecule has 0 bridgehead atoms. The first kappa shape index (κ1) is 16.3. The van der Waals surface area contributed by atoms with Crippen molar-refractivity contribution in [3.8, 4) is 0 Å². The Morgan fingerprint density at radius 3 is 2.70 bits per heavy atom. The summed E-state index contributed by atoms with van der Waals surface area (Å²) in [6.45, 7) is 7.83. The number of nitrogens with zero attached hydrogens (tertiary/aromatic N) is 3. The molecule has 0 amide bonds. The zero-order valence-corrected chi connectivity index (χ0v) is 15.3. The van der Waals surface area contributed by atoms with Gasteiger partial charge in [0.15, 0.2) is 0 Å². The second-order valence-corrected chi connectivity index (χ2v) is 8.49. The molecule has 0 saturated carbocycles. The third-order valence-electron chi connectivity index (χ3n) is 3.41. The fourth-order valence-electron chi connectivity index (χ4n) is 2.31. The van der Waals surface area contributed by atoms with Gasteiger partial charge in [0.05, 0.1) is 22.8 Å². The average molecular weight is 348 g/mol. The first-order chi connectivity index (χ1) is 10.8. The van der Waals surface area contributed by atoms with Crippen molar-refractivity contribution in [2.45, 2.75) is 39.3 Å². The van der Waals surface area contributed by atoms with E-state index in [9.17, 15) is 4.79 Å². The molecule has 0 spiro atoms. The lowest BCUT2D eigenvalue weighted by Crippen LogP contribution is -2.22. The number of nitrogens with one attached hydrogen (secondary N) is 1. The number of aromatic nitrogens is 3. The molecule has 3 heterocycles. The Kier molecular flexibility index (Phi) is 4.35. The van der Waals surface area contributed by atoms with E-state index in [0.29, 0.717) is 17.1 Å². The predicted molar refractivity (Wildman–Crippen MR) is 96.2 cm³/mol. The van der Waals surface area contributed by atoms with E-state index in [2.05, 4.69) is 41.0 Å². The van der Waals surface area contributed by atoms with Gasteiger partial charge in [-0.3, -0.25) is 9.69 Å². The maximum absolute atomic E-state index is 12.0. The molecule has 3 aromatic rings. The molecule has 0 atom stereocenters. The third kappa shape index (κ3) is 3.68. The molecule has 7 heteroatoms. The van der Waals surface area contributed by atoms with E-state index in [4.69, 9.17) is 4.98 Å². The third-order valence-corrected chi connectivity index (χ3v) is 5.63. The number of thiophene rings is 1. The van der Waals surface area contributed by atoms with Crippen LogP contribution < -0.4 is 5.56 Å². The fraction of sp³-hybridized carbons (Fsp3) is 0.438. The number of hydrogen-bond acceptors (Lipinski definition) is 6. The highest BCUT2D eigenvalue weighted by Gasteiger charge is 2.18. The van der Waals surface area contributed by atoms with Crippen LogP contribution in [0.25, 0.3) is 10.2 Å². The molecule has 0 radical (unpaired) electrons. The topological polar surface area (TPSA) is 61.9 Å². The smallest absolute Gasteiger partial charge is 0.268 e. The minimum absolute atomic E-state index is 0.0583. The molecular formula is C16H20N4OS2. The van der Waals surface area contributed by atoms with Gasteiger partial charge in [0.2, 0.25) is 0 Å². The van der Waals surface area contributed by atoms with Crippen LogP contribution >= 0.6 is 22.7 Å². The minimum Gasteiger partial charge on any atom is -0.308 e. The monoisotopic (exact) mass is 348 g/mol. The SMILES string of the molecule is CN(Cc1csc(C(C)(C)C)n1)Cc1nc2ccsc2c(=O)[nH]1. The Hall–Kier alpha value is -1.57. The van der Waals surface area contributed by atoms with Crippen molar-refractivity contribution >= 4 is 32.9 Å². The predicted octanol–water partition coefficient (Wildman–Crippen LogP) is 3.37. The standard InChI is InChI=1S/C16H20N4OS2/c1-16(2,3)15-17-10(9-23-15)7-20(4)8-12-18-11-5-6-22-13(11)14(21)19-12/h5-6,9H,7-8H2,1-4H3,(H,18,19,21). The summed E-state index contributed by atoms with van der Waals surface area (Å²) in [6, 6.07) is 1.88. The number of thiazole rings is 1. The number of hydrogen-bond donors (Lipinski definition) is 1. The number of H-pyrrole nitrogens is 1. The van der Waals surface area contributed by atoms with Gasteiger partial charge in [0.25, 0.3) is 5.56 Å². The van der Waals surface area contributed by atoms with Gasteiger partial charge in [-0.15, -0.1) is 22.7 Å². The zero-order valence-electron chi connectivity index (χ0n) is 13.7. The molecule has 0 aliphatic rings. The van der Waals surface area contributed by atoms with Crippen molar-refractivity contribution in [3.63, 3.8) is 0 Å². The molecule has 0 aliphatic heterocycles. The van der Waals surface area contributed by atoms with Crippen LogP contribution in [0.2, 0.25) is 0 Å². The van der Waals surface area contributed by atoms with E-state index >= 15 is 0 Å². The number of aromatic amines is 1. The molecule has 0 aliphatic carbocycles. The highest BCUT2D eigenvalue weighted by atomic mass is 32.1. The summed E-state index contributed by atoms with van der Waals surface area (Å²) in [5, 5.41) is 5.14. The number of fused-ring (bicyclic) bond motifs is 1. The molecule has 5 nitrogen and oxygen atoms in total. The van der Waals surface area contributed by atoms with Gasteiger partial charge in [0.1, 0.15) is 10.5 Å². The maximum atomic E-state index is 12.0. The van der Waals surface area contributed by atoms with Gasteiger partial charge in [0, 0.05) is 17.3 Å². The van der Waals surface area contributed by atoms with Crippen LogP contribution in [-0.2, 0) is 18.5 Å². The van der Waals surface area contributed by atoms with Crippen LogP contribution in [0.1, 0.15) is 37.3 Å². The molecule has 0 fully saturated rings. The lowest BCUT2D eigenvalue weighted by atomic mass is 9.98. The summed E-state index contributed by atoms with van der Waals surface area (Å²) >= 11 is 3.12. The van der Waals surface area contributed by atoms with Crippen LogP contribution in [0.3, 0.4) is 0 Å². The maximum Gasteiger partial charge on any atom is 0.268 e. The van der Waals surface area contributed by atoms with Crippen molar-refractivity contribution in [3.05, 3.63) is 43.7 Å². The molecule has 23 heavy (non-hydrogen) atoms. The zero-order chi connectivity index (χ0) is 16.6. The van der Waals surface area contributed by atoms with E-state index in [1.165, 1.54) is 11.3 Å². The van der Waals surface area contributed by atoms with Crippen LogP contribution in [0.5, 0.6) is 0 Å². The second-order valence-electron chi connectivity index (χ2n) is 6.71. The summed E-state index contributed by atoms with van der Waals surface area (Å²) in [6.07, 6.45) is 0. The molecule has 1 N–H and O–H groups in total. The summed E-state index contributed by atoms with van der Waals surface area (Å²) in [5.41, 5.74) is 1.85. The first-order valence-electron chi connectivity index (χ1n) is 7.43. The Bertz CT molecular complexity index is 872. The first-order valence-corrected chi connectivity index (χ1v) is 9.18. The van der Waals surface area contributed by atoms with Gasteiger partial charge < -0.3 is 4.98 Å². The van der Waals surface area contributed by atoms with Gasteiger partial charge in [-0.05, 0) is 18.5 Å². The lowest BCUT2D eigenvalue weighted by Gasteiger charge is -2.15. The van der Waals surface area contributed by atoms with E-state index in [0.717, 1.165) is 22.8 Å². The van der Waals surface area contributed by atoms with Gasteiger partial charge in [-0.1, -0.05) is 20.8 Å². The summed E-state index contributed by atoms with van der Waals surface area (Å²) in [4.78, 5) is 26.2. The Morgan fingerprint density at radius 2 is 2.00 bits per heavy atom. The molecule has 3 aromatic heterocycles. The normalized spacial score (nSPS) is 12.4. The van der Waals surface area contributed by atoms with Gasteiger partial charge in [-0.2, -0.15) is 0 Å². The van der Waals surface area contributed by atoms with Gasteiger partial charge >= 0.3 is 0 Å². The number of rotatable bonds is 4. The van der Waals surface area contributed by atoms with Crippen LogP contribution in [-0.4, -0.2) is 26.9 Å². The van der Waals surface area contributed by atoms with Crippen LogP contribution in [0, 0.1) is 0 Å². The van der Waals surface area contributed by atoms with Crippen molar-refractivity contribution in [2.24, 2.45) is 0 Å². The van der Waals surface area contributed by atoms with Crippen LogP contribution in [0.15, 0.2) is 21.6 Å². The average Bonchev–Trinajstić information content (AvgIpc) is 3.06. The summed E-state index contributed by atoms with van der Waals surface area (Å²) < 4.78 is 0.686. The molecule has 0 saturated heterocycles. The summed E-state index contributed by atoms with van der Waals surface area (Å²) in [7, 11) is 2.01. The van der Waals surface area contributed by atoms with E-state index < -0.39 is 0 Å². The molecule has 0 aromatic carbocycles. The van der Waals surface area contributed by atoms with E-state index in [1.807, 2.05) is 18.5 Å². The van der Waals surface area contributed by atoms with Crippen molar-refractivity contribution in [2.75, 3.05) is 7.05 Å². The van der Waals surface area contributed by atoms with Crippen molar-refractivity contribution in [1.82, 2.24) is 19.9 Å². The largest absolute Gasteiger partial charge is 0.308 e. The summed E-state index contributed by atoms with van der Waals surface area (Å²) in [5.74, 6) is 0.690. The lowest BCUT2D eigenvalue weighted by molar-refractivity contribution is 0.307. The Labute approximate surface area is 143 Å². The quantitative estimate of drug-likeness (QED) is 0.785. The Morgan fingerprint density at radius 1 is 1.22 bits per heavy atom.